The zero-order chi connectivity index (χ0) is 12.2. The third kappa shape index (κ3) is 1.57. The monoisotopic (exact) mass is 251 g/mol. The van der Waals surface area contributed by atoms with Crippen molar-refractivity contribution >= 4 is 15.9 Å². The summed E-state index contributed by atoms with van der Waals surface area (Å²) in [6.07, 6.45) is 0.860. The van der Waals surface area contributed by atoms with Gasteiger partial charge in [-0.05, 0) is 31.4 Å². The zero-order valence-corrected chi connectivity index (χ0v) is 10.3. The van der Waals surface area contributed by atoms with E-state index < -0.39 is 10.0 Å². The van der Waals surface area contributed by atoms with Gasteiger partial charge in [0.25, 0.3) is 10.0 Å². The molecule has 1 aromatic carbocycles. The molecule has 2 atom stereocenters. The average molecular weight is 251 g/mol. The van der Waals surface area contributed by atoms with E-state index in [0.717, 1.165) is 16.3 Å². The van der Waals surface area contributed by atoms with Crippen LogP contribution in [0.4, 0.5) is 0 Å². The van der Waals surface area contributed by atoms with Crippen LogP contribution < -0.4 is 0 Å². The predicted octanol–water partition coefficient (Wildman–Crippen LogP) is 1.16. The minimum atomic E-state index is -3.62. The molecule has 0 N–H and O–H groups in total. The maximum Gasteiger partial charge on any atom is 0.266 e. The van der Waals surface area contributed by atoms with Crippen molar-refractivity contribution in [3.63, 3.8) is 0 Å². The molecule has 1 saturated heterocycles. The van der Waals surface area contributed by atoms with Crippen molar-refractivity contribution < 1.29 is 13.2 Å². The molecule has 3 rings (SSSR count). The van der Waals surface area contributed by atoms with Gasteiger partial charge in [-0.25, -0.2) is 12.7 Å². The second kappa shape index (κ2) is 3.32. The molecule has 1 aromatic rings. The van der Waals surface area contributed by atoms with E-state index in [1.54, 1.807) is 24.3 Å². The molecule has 1 aliphatic heterocycles. The van der Waals surface area contributed by atoms with Crippen LogP contribution in [0.3, 0.4) is 0 Å². The molecule has 17 heavy (non-hydrogen) atoms. The highest BCUT2D eigenvalue weighted by atomic mass is 32.2. The Kier molecular flexibility index (Phi) is 2.10. The number of fused-ring (bicyclic) bond motifs is 1. The van der Waals surface area contributed by atoms with Crippen molar-refractivity contribution in [1.29, 1.82) is 0 Å². The Morgan fingerprint density at radius 1 is 1.24 bits per heavy atom. The molecule has 4 nitrogen and oxygen atoms in total. The first-order valence-corrected chi connectivity index (χ1v) is 7.07. The van der Waals surface area contributed by atoms with Crippen molar-refractivity contribution in [3.8, 4) is 0 Å². The first-order chi connectivity index (χ1) is 8.00. The van der Waals surface area contributed by atoms with Crippen LogP contribution in [-0.4, -0.2) is 25.2 Å². The highest BCUT2D eigenvalue weighted by Gasteiger charge is 2.55. The Labute approximate surface area is 100 Å². The summed E-state index contributed by atoms with van der Waals surface area (Å²) in [4.78, 5) is 12.0. The quantitative estimate of drug-likeness (QED) is 0.792. The molecular formula is C12H13NO3S. The highest BCUT2D eigenvalue weighted by molar-refractivity contribution is 7.89. The third-order valence-electron chi connectivity index (χ3n) is 3.49. The van der Waals surface area contributed by atoms with Gasteiger partial charge in [0.15, 0.2) is 0 Å². The van der Waals surface area contributed by atoms with Gasteiger partial charge in [-0.2, -0.15) is 0 Å². The van der Waals surface area contributed by atoms with Crippen LogP contribution in [0.1, 0.15) is 12.0 Å². The van der Waals surface area contributed by atoms with Crippen molar-refractivity contribution in [1.82, 2.24) is 4.31 Å². The Bertz CT molecular complexity index is 576. The van der Waals surface area contributed by atoms with Gasteiger partial charge in [-0.1, -0.05) is 17.7 Å². The molecule has 1 saturated carbocycles. The summed E-state index contributed by atoms with van der Waals surface area (Å²) < 4.78 is 25.5. The van der Waals surface area contributed by atoms with Crippen LogP contribution in [0, 0.1) is 18.8 Å². The van der Waals surface area contributed by atoms with E-state index in [2.05, 4.69) is 0 Å². The fourth-order valence-corrected chi connectivity index (χ4v) is 3.79. The van der Waals surface area contributed by atoms with Gasteiger partial charge in [0.05, 0.1) is 4.90 Å². The van der Waals surface area contributed by atoms with E-state index in [4.69, 9.17) is 0 Å². The van der Waals surface area contributed by atoms with Gasteiger partial charge < -0.3 is 0 Å². The number of hydrogen-bond donors (Lipinski definition) is 0. The molecule has 0 aromatic heterocycles. The van der Waals surface area contributed by atoms with Crippen molar-refractivity contribution in [3.05, 3.63) is 29.8 Å². The van der Waals surface area contributed by atoms with Gasteiger partial charge in [-0.3, -0.25) is 4.79 Å². The molecule has 0 radical (unpaired) electrons. The Hall–Kier alpha value is -1.36. The number of aryl methyl sites for hydroxylation is 1. The molecule has 2 fully saturated rings. The summed E-state index contributed by atoms with van der Waals surface area (Å²) in [6.45, 7) is 2.26. The predicted molar refractivity (Wildman–Crippen MR) is 61.7 cm³/mol. The molecule has 90 valence electrons. The maximum absolute atomic E-state index is 12.2. The van der Waals surface area contributed by atoms with Gasteiger partial charge >= 0.3 is 0 Å². The van der Waals surface area contributed by atoms with Crippen molar-refractivity contribution in [2.45, 2.75) is 18.2 Å². The lowest BCUT2D eigenvalue weighted by Gasteiger charge is -2.18. The molecule has 5 heteroatoms. The molecule has 0 spiro atoms. The number of carbonyl (C=O) groups excluding carboxylic acids is 1. The molecule has 0 bridgehead atoms. The second-order valence-electron chi connectivity index (χ2n) is 4.79. The number of amides is 1. The summed E-state index contributed by atoms with van der Waals surface area (Å²) in [6, 6.07) is 6.60. The summed E-state index contributed by atoms with van der Waals surface area (Å²) in [5.74, 6) is 0.00789. The molecule has 2 aliphatic rings. The van der Waals surface area contributed by atoms with Crippen molar-refractivity contribution in [2.24, 2.45) is 11.8 Å². The summed E-state index contributed by atoms with van der Waals surface area (Å²) in [5, 5.41) is 0. The van der Waals surface area contributed by atoms with Crippen LogP contribution in [-0.2, 0) is 14.8 Å². The Morgan fingerprint density at radius 3 is 2.41 bits per heavy atom. The van der Waals surface area contributed by atoms with E-state index in [0.29, 0.717) is 6.54 Å². The number of rotatable bonds is 2. The van der Waals surface area contributed by atoms with Gasteiger partial charge in [0, 0.05) is 12.5 Å². The number of carbonyl (C=O) groups is 1. The first kappa shape index (κ1) is 10.8. The van der Waals surface area contributed by atoms with E-state index in [-0.39, 0.29) is 22.6 Å². The van der Waals surface area contributed by atoms with Gasteiger partial charge in [0.1, 0.15) is 0 Å². The van der Waals surface area contributed by atoms with Crippen LogP contribution in [0.15, 0.2) is 29.2 Å². The lowest BCUT2D eigenvalue weighted by Crippen LogP contribution is -2.34. The SMILES string of the molecule is Cc1ccc(S(=O)(=O)N2CC3CC3C2=O)cc1. The second-order valence-corrected chi connectivity index (χ2v) is 6.65. The lowest BCUT2D eigenvalue weighted by molar-refractivity contribution is -0.125. The van der Waals surface area contributed by atoms with Crippen LogP contribution >= 0.6 is 0 Å². The van der Waals surface area contributed by atoms with E-state index in [9.17, 15) is 13.2 Å². The topological polar surface area (TPSA) is 54.5 Å². The van der Waals surface area contributed by atoms with E-state index in [1.807, 2.05) is 6.92 Å². The minimum Gasteiger partial charge on any atom is -0.273 e. The highest BCUT2D eigenvalue weighted by Crippen LogP contribution is 2.47. The molecule has 1 heterocycles. The number of piperidine rings is 1. The van der Waals surface area contributed by atoms with Crippen LogP contribution in [0.2, 0.25) is 0 Å². The summed E-state index contributed by atoms with van der Waals surface area (Å²) in [5.41, 5.74) is 1.000. The largest absolute Gasteiger partial charge is 0.273 e. The van der Waals surface area contributed by atoms with E-state index >= 15 is 0 Å². The Morgan fingerprint density at radius 2 is 1.88 bits per heavy atom. The number of hydrogen-bond acceptors (Lipinski definition) is 3. The molecule has 1 aliphatic carbocycles. The smallest absolute Gasteiger partial charge is 0.266 e. The fourth-order valence-electron chi connectivity index (χ4n) is 2.29. The zero-order valence-electron chi connectivity index (χ0n) is 9.46. The minimum absolute atomic E-state index is 0.0322. The van der Waals surface area contributed by atoms with Crippen molar-refractivity contribution in [2.75, 3.05) is 6.54 Å². The first-order valence-electron chi connectivity index (χ1n) is 5.63. The normalized spacial score (nSPS) is 27.1. The fraction of sp³-hybridized carbons (Fsp3) is 0.417. The molecule has 2 unspecified atom stereocenters. The maximum atomic E-state index is 12.2. The standard InChI is InChI=1S/C12H13NO3S/c1-8-2-4-10(5-3-8)17(15,16)13-7-9-6-11(9)12(13)14/h2-5,9,11H,6-7H2,1H3. The third-order valence-corrected chi connectivity index (χ3v) is 5.27. The summed E-state index contributed by atoms with van der Waals surface area (Å²) in [7, 11) is -3.62. The number of nitrogens with zero attached hydrogens (tertiary/aromatic N) is 1. The number of benzene rings is 1. The average Bonchev–Trinajstić information content (AvgIpc) is 2.98. The Balaban J connectivity index is 1.96. The molecule has 1 amide bonds. The summed E-state index contributed by atoms with van der Waals surface area (Å²) >= 11 is 0. The number of sulfonamides is 1. The van der Waals surface area contributed by atoms with Crippen LogP contribution in [0.5, 0.6) is 0 Å². The van der Waals surface area contributed by atoms with Crippen LogP contribution in [0.25, 0.3) is 0 Å². The molecular weight excluding hydrogens is 238 g/mol. The van der Waals surface area contributed by atoms with Gasteiger partial charge in [-0.15, -0.1) is 0 Å². The van der Waals surface area contributed by atoms with Gasteiger partial charge in [0.2, 0.25) is 5.91 Å². The lowest BCUT2D eigenvalue weighted by atomic mass is 10.2. The van der Waals surface area contributed by atoms with E-state index in [1.165, 1.54) is 0 Å².